The van der Waals surface area contributed by atoms with Crippen molar-refractivity contribution in [3.63, 3.8) is 0 Å². The summed E-state index contributed by atoms with van der Waals surface area (Å²) in [6, 6.07) is 14.0. The molecule has 0 radical (unpaired) electrons. The number of nitrogens with one attached hydrogen (secondary N) is 2. The molecule has 0 aliphatic carbocycles. The van der Waals surface area contributed by atoms with E-state index in [1.807, 2.05) is 60.1 Å². The van der Waals surface area contributed by atoms with E-state index in [9.17, 15) is 4.79 Å². The molecule has 1 aliphatic rings. The summed E-state index contributed by atoms with van der Waals surface area (Å²) in [6.45, 7) is 5.10. The van der Waals surface area contributed by atoms with Crippen LogP contribution >= 0.6 is 11.3 Å². The molecule has 10 nitrogen and oxygen atoms in total. The maximum absolute atomic E-state index is 11.6. The van der Waals surface area contributed by atoms with Crippen molar-refractivity contribution in [2.75, 3.05) is 32.8 Å². The van der Waals surface area contributed by atoms with Gasteiger partial charge in [0, 0.05) is 37.5 Å². The summed E-state index contributed by atoms with van der Waals surface area (Å²) in [5.41, 5.74) is 4.59. The molecule has 1 amide bonds. The van der Waals surface area contributed by atoms with E-state index in [1.54, 1.807) is 17.7 Å². The van der Waals surface area contributed by atoms with Crippen LogP contribution < -0.4 is 10.1 Å². The summed E-state index contributed by atoms with van der Waals surface area (Å²) >= 11 is 1.55. The fraction of sp³-hybridized carbons (Fsp3) is 0.240. The number of H-pyrrole nitrogens is 1. The van der Waals surface area contributed by atoms with Crippen molar-refractivity contribution in [1.82, 2.24) is 40.0 Å². The minimum atomic E-state index is 0.0600. The van der Waals surface area contributed by atoms with Gasteiger partial charge in [-0.05, 0) is 13.0 Å². The van der Waals surface area contributed by atoms with Gasteiger partial charge in [0.1, 0.15) is 28.6 Å². The Kier molecular flexibility index (Phi) is 5.91. The first-order chi connectivity index (χ1) is 17.7. The zero-order chi connectivity index (χ0) is 24.5. The van der Waals surface area contributed by atoms with Crippen LogP contribution in [0.1, 0.15) is 5.69 Å². The van der Waals surface area contributed by atoms with Crippen molar-refractivity contribution in [2.45, 2.75) is 6.92 Å². The highest BCUT2D eigenvalue weighted by Gasteiger charge is 2.22. The zero-order valence-electron chi connectivity index (χ0n) is 19.6. The molecule has 0 saturated carbocycles. The third-order valence-electron chi connectivity index (χ3n) is 6.08. The van der Waals surface area contributed by atoms with Gasteiger partial charge in [-0.3, -0.25) is 14.8 Å². The number of rotatable bonds is 7. The van der Waals surface area contributed by atoms with Crippen LogP contribution in [-0.4, -0.2) is 73.4 Å². The molecule has 5 heterocycles. The molecule has 6 rings (SSSR count). The number of benzene rings is 1. The Morgan fingerprint density at radius 3 is 2.89 bits per heavy atom. The van der Waals surface area contributed by atoms with E-state index in [4.69, 9.17) is 14.8 Å². The number of piperazine rings is 1. The molecule has 4 aromatic heterocycles. The molecule has 36 heavy (non-hydrogen) atoms. The van der Waals surface area contributed by atoms with Crippen LogP contribution in [0.3, 0.4) is 0 Å². The monoisotopic (exact) mass is 500 g/mol. The number of pyridine rings is 1. The van der Waals surface area contributed by atoms with E-state index >= 15 is 0 Å². The molecule has 1 saturated heterocycles. The van der Waals surface area contributed by atoms with Gasteiger partial charge < -0.3 is 10.1 Å². The Morgan fingerprint density at radius 2 is 2.08 bits per heavy atom. The Balaban J connectivity index is 1.33. The number of aryl methyl sites for hydroxylation is 1. The van der Waals surface area contributed by atoms with Gasteiger partial charge in [-0.15, -0.1) is 11.3 Å². The largest absolute Gasteiger partial charge is 0.492 e. The third kappa shape index (κ3) is 4.34. The third-order valence-corrected chi connectivity index (χ3v) is 7.15. The number of aromatic amines is 1. The summed E-state index contributed by atoms with van der Waals surface area (Å²) in [5, 5.41) is 15.5. The average molecular weight is 501 g/mol. The molecule has 11 heteroatoms. The fourth-order valence-electron chi connectivity index (χ4n) is 4.36. The van der Waals surface area contributed by atoms with Crippen LogP contribution in [0.2, 0.25) is 0 Å². The first-order valence-electron chi connectivity index (χ1n) is 11.7. The molecule has 0 bridgehead atoms. The maximum Gasteiger partial charge on any atom is 0.234 e. The molecule has 2 N–H and O–H groups in total. The van der Waals surface area contributed by atoms with Crippen LogP contribution in [-0.2, 0) is 4.79 Å². The molecule has 1 aliphatic heterocycles. The number of carbonyl (C=O) groups is 1. The Morgan fingerprint density at radius 1 is 1.19 bits per heavy atom. The lowest BCUT2D eigenvalue weighted by atomic mass is 10.1. The van der Waals surface area contributed by atoms with Crippen LogP contribution in [0.15, 0.2) is 55.0 Å². The molecular weight excluding hydrogens is 476 g/mol. The number of thiazole rings is 1. The summed E-state index contributed by atoms with van der Waals surface area (Å²) in [5.74, 6) is 1.42. The van der Waals surface area contributed by atoms with Crippen LogP contribution in [0.25, 0.3) is 38.0 Å². The van der Waals surface area contributed by atoms with Crippen molar-refractivity contribution in [3.05, 3.63) is 60.7 Å². The van der Waals surface area contributed by atoms with Gasteiger partial charge in [0.15, 0.2) is 5.82 Å². The van der Waals surface area contributed by atoms with Gasteiger partial charge in [-0.1, -0.05) is 30.3 Å². The van der Waals surface area contributed by atoms with E-state index in [1.165, 1.54) is 0 Å². The fourth-order valence-corrected chi connectivity index (χ4v) is 5.50. The van der Waals surface area contributed by atoms with Crippen molar-refractivity contribution in [2.24, 2.45) is 0 Å². The van der Waals surface area contributed by atoms with Crippen LogP contribution in [0.4, 0.5) is 0 Å². The second-order valence-corrected chi connectivity index (χ2v) is 9.51. The molecule has 0 spiro atoms. The molecular formula is C25H24N8O2S. The lowest BCUT2D eigenvalue weighted by Gasteiger charge is -2.26. The van der Waals surface area contributed by atoms with Gasteiger partial charge >= 0.3 is 0 Å². The van der Waals surface area contributed by atoms with Crippen LogP contribution in [0.5, 0.6) is 5.75 Å². The van der Waals surface area contributed by atoms with Gasteiger partial charge in [0.25, 0.3) is 0 Å². The van der Waals surface area contributed by atoms with Gasteiger partial charge in [-0.2, -0.15) is 10.2 Å². The number of nitrogens with zero attached hydrogens (tertiary/aromatic N) is 6. The summed E-state index contributed by atoms with van der Waals surface area (Å²) < 4.78 is 7.90. The summed E-state index contributed by atoms with van der Waals surface area (Å²) in [6.07, 6.45) is 3.47. The molecule has 1 fully saturated rings. The topological polar surface area (TPSA) is 113 Å². The van der Waals surface area contributed by atoms with Crippen LogP contribution in [0, 0.1) is 6.92 Å². The Labute approximate surface area is 211 Å². The maximum atomic E-state index is 11.6. The number of hydrogen-bond donors (Lipinski definition) is 2. The molecule has 0 unspecified atom stereocenters. The average Bonchev–Trinajstić information content (AvgIpc) is 3.62. The molecule has 5 aromatic rings. The number of amides is 1. The highest BCUT2D eigenvalue weighted by molar-refractivity contribution is 7.19. The number of hydrogen-bond acceptors (Lipinski definition) is 8. The lowest BCUT2D eigenvalue weighted by Crippen LogP contribution is -2.48. The van der Waals surface area contributed by atoms with Crippen molar-refractivity contribution < 1.29 is 9.53 Å². The van der Waals surface area contributed by atoms with E-state index in [0.717, 1.165) is 50.2 Å². The lowest BCUT2D eigenvalue weighted by molar-refractivity contribution is -0.124. The normalized spacial score (nSPS) is 14.3. The number of ether oxygens (including phenoxy) is 1. The number of aromatic nitrogens is 6. The predicted molar refractivity (Wildman–Crippen MR) is 137 cm³/mol. The van der Waals surface area contributed by atoms with E-state index in [2.05, 4.69) is 25.4 Å². The van der Waals surface area contributed by atoms with Crippen molar-refractivity contribution in [1.29, 1.82) is 0 Å². The van der Waals surface area contributed by atoms with E-state index in [-0.39, 0.29) is 5.91 Å². The van der Waals surface area contributed by atoms with E-state index < -0.39 is 0 Å². The van der Waals surface area contributed by atoms with Crippen molar-refractivity contribution in [3.8, 4) is 38.3 Å². The number of fused-ring (bicyclic) bond motifs is 1. The predicted octanol–water partition coefficient (Wildman–Crippen LogP) is 3.03. The Hall–Kier alpha value is -4.09. The summed E-state index contributed by atoms with van der Waals surface area (Å²) in [7, 11) is 0. The highest BCUT2D eigenvalue weighted by Crippen LogP contribution is 2.41. The molecule has 182 valence electrons. The second-order valence-electron chi connectivity index (χ2n) is 8.51. The zero-order valence-corrected chi connectivity index (χ0v) is 20.5. The minimum Gasteiger partial charge on any atom is -0.492 e. The van der Waals surface area contributed by atoms with Gasteiger partial charge in [-0.25, -0.2) is 14.5 Å². The van der Waals surface area contributed by atoms with Crippen molar-refractivity contribution >= 4 is 22.8 Å². The van der Waals surface area contributed by atoms with E-state index in [0.29, 0.717) is 32.1 Å². The smallest absolute Gasteiger partial charge is 0.234 e. The number of carbonyl (C=O) groups excluding carboxylic acids is 1. The SMILES string of the molecule is Cc1nn2ccc(OCCN3CCNC(=O)C3)cc2c1-c1nc(-c2ccccc2)c(-c2nc[nH]n2)s1. The van der Waals surface area contributed by atoms with Gasteiger partial charge in [0.2, 0.25) is 5.91 Å². The quantitative estimate of drug-likeness (QED) is 0.353. The second kappa shape index (κ2) is 9.51. The standard InChI is InChI=1S/C25H24N8O2S/c1-16-21(25-29-22(17-5-3-2-4-6-17)23(36-25)24-27-15-28-30-24)19-13-18(7-9-33(19)31-16)35-12-11-32-10-8-26-20(34)14-32/h2-7,9,13,15H,8,10-12,14H2,1H3,(H,26,34)(H,27,28,30). The summed E-state index contributed by atoms with van der Waals surface area (Å²) in [4.78, 5) is 24.0. The Bertz CT molecular complexity index is 1510. The minimum absolute atomic E-state index is 0.0600. The first kappa shape index (κ1) is 22.4. The molecule has 1 aromatic carbocycles. The first-order valence-corrected chi connectivity index (χ1v) is 12.5. The molecule has 0 atom stereocenters. The highest BCUT2D eigenvalue weighted by atomic mass is 32.1. The van der Waals surface area contributed by atoms with Gasteiger partial charge in [0.05, 0.1) is 29.0 Å².